The molecule has 0 amide bonds. The summed E-state index contributed by atoms with van der Waals surface area (Å²) in [5, 5.41) is 3.30. The number of nitrogens with one attached hydrogen (secondary N) is 1. The van der Waals surface area contributed by atoms with Crippen molar-refractivity contribution >= 4 is 21.2 Å². The fourth-order valence-corrected chi connectivity index (χ4v) is 3.45. The molecule has 4 heteroatoms. The number of hydrogen-bond acceptors (Lipinski definition) is 3. The summed E-state index contributed by atoms with van der Waals surface area (Å²) in [7, 11) is -2.55. The van der Waals surface area contributed by atoms with Gasteiger partial charge in [-0.15, -0.1) is 0 Å². The predicted molar refractivity (Wildman–Crippen MR) is 84.1 cm³/mol. The van der Waals surface area contributed by atoms with Gasteiger partial charge in [-0.2, -0.15) is 0 Å². The number of benzene rings is 2. The number of anilines is 2. The molecule has 3 rings (SSSR count). The van der Waals surface area contributed by atoms with Gasteiger partial charge < -0.3 is 5.32 Å². The summed E-state index contributed by atoms with van der Waals surface area (Å²) in [6.07, 6.45) is 1.75. The second-order valence-electron chi connectivity index (χ2n) is 4.72. The van der Waals surface area contributed by atoms with Crippen LogP contribution in [-0.4, -0.2) is 19.9 Å². The van der Waals surface area contributed by atoms with Crippen molar-refractivity contribution in [2.45, 2.75) is 12.8 Å². The van der Waals surface area contributed by atoms with Crippen molar-refractivity contribution < 1.29 is 8.42 Å². The molecule has 3 nitrogen and oxygen atoms in total. The molecule has 1 aliphatic heterocycles. The lowest BCUT2D eigenvalue weighted by Gasteiger charge is -2.04. The van der Waals surface area contributed by atoms with Crippen LogP contribution in [0.4, 0.5) is 11.4 Å². The van der Waals surface area contributed by atoms with Crippen LogP contribution in [0.2, 0.25) is 0 Å². The SMILES string of the molecule is O=S1(=O)CCCC1.c1ccc(Nc2ccccc2)cc1. The molecule has 0 aliphatic carbocycles. The summed E-state index contributed by atoms with van der Waals surface area (Å²) < 4.78 is 20.9. The van der Waals surface area contributed by atoms with E-state index in [0.717, 1.165) is 24.2 Å². The minimum absolute atomic E-state index is 0.424. The Balaban J connectivity index is 0.000000178. The highest BCUT2D eigenvalue weighted by Crippen LogP contribution is 2.14. The second-order valence-corrected chi connectivity index (χ2v) is 7.02. The van der Waals surface area contributed by atoms with Crippen molar-refractivity contribution in [2.75, 3.05) is 16.8 Å². The van der Waals surface area contributed by atoms with Crippen LogP contribution in [0.15, 0.2) is 60.7 Å². The van der Waals surface area contributed by atoms with Gasteiger partial charge in [0.05, 0.1) is 11.5 Å². The number of para-hydroxylation sites is 2. The van der Waals surface area contributed by atoms with Crippen molar-refractivity contribution in [1.29, 1.82) is 0 Å². The Labute approximate surface area is 120 Å². The molecule has 106 valence electrons. The number of sulfone groups is 1. The van der Waals surface area contributed by atoms with Crippen molar-refractivity contribution in [1.82, 2.24) is 0 Å². The van der Waals surface area contributed by atoms with E-state index < -0.39 is 9.84 Å². The molecule has 0 bridgehead atoms. The maximum Gasteiger partial charge on any atom is 0.150 e. The van der Waals surface area contributed by atoms with E-state index in [4.69, 9.17) is 0 Å². The van der Waals surface area contributed by atoms with Gasteiger partial charge in [0.25, 0.3) is 0 Å². The first-order valence-corrected chi connectivity index (χ1v) is 8.55. The van der Waals surface area contributed by atoms with E-state index in [0.29, 0.717) is 11.5 Å². The first-order valence-electron chi connectivity index (χ1n) is 6.73. The Kier molecular flexibility index (Phi) is 5.18. The highest BCUT2D eigenvalue weighted by molar-refractivity contribution is 7.91. The van der Waals surface area contributed by atoms with Crippen molar-refractivity contribution in [2.24, 2.45) is 0 Å². The molecule has 0 saturated carbocycles. The van der Waals surface area contributed by atoms with Gasteiger partial charge in [0.1, 0.15) is 9.84 Å². The first kappa shape index (κ1) is 14.6. The maximum atomic E-state index is 10.4. The molecule has 20 heavy (non-hydrogen) atoms. The van der Waals surface area contributed by atoms with Crippen LogP contribution < -0.4 is 5.32 Å². The molecular weight excluding hydrogens is 270 g/mol. The molecule has 0 radical (unpaired) electrons. The van der Waals surface area contributed by atoms with E-state index in [-0.39, 0.29) is 0 Å². The van der Waals surface area contributed by atoms with Crippen LogP contribution in [0.25, 0.3) is 0 Å². The van der Waals surface area contributed by atoms with E-state index in [2.05, 4.69) is 5.32 Å². The third kappa shape index (κ3) is 5.05. The summed E-state index contributed by atoms with van der Waals surface area (Å²) in [5.41, 5.74) is 2.24. The highest BCUT2D eigenvalue weighted by atomic mass is 32.2. The Bertz CT molecular complexity index is 560. The van der Waals surface area contributed by atoms with Gasteiger partial charge in [-0.3, -0.25) is 0 Å². The average molecular weight is 289 g/mol. The number of rotatable bonds is 2. The fraction of sp³-hybridized carbons (Fsp3) is 0.250. The van der Waals surface area contributed by atoms with Gasteiger partial charge in [0.2, 0.25) is 0 Å². The molecule has 1 N–H and O–H groups in total. The Morgan fingerprint density at radius 3 is 1.40 bits per heavy atom. The summed E-state index contributed by atoms with van der Waals surface area (Å²) in [6, 6.07) is 20.3. The van der Waals surface area contributed by atoms with E-state index in [9.17, 15) is 8.42 Å². The maximum absolute atomic E-state index is 10.4. The van der Waals surface area contributed by atoms with Crippen LogP contribution in [0.3, 0.4) is 0 Å². The van der Waals surface area contributed by atoms with E-state index in [1.807, 2.05) is 60.7 Å². The monoisotopic (exact) mass is 289 g/mol. The lowest BCUT2D eigenvalue weighted by Crippen LogP contribution is -1.98. The van der Waals surface area contributed by atoms with Crippen molar-refractivity contribution in [3.63, 3.8) is 0 Å². The van der Waals surface area contributed by atoms with E-state index in [1.165, 1.54) is 0 Å². The second kappa shape index (κ2) is 7.10. The third-order valence-corrected chi connectivity index (χ3v) is 4.82. The standard InChI is InChI=1S/C12H11N.C4H8O2S/c1-3-7-11(8-4-1)13-12-9-5-2-6-10-12;5-7(6)3-1-2-4-7/h1-10,13H;1-4H2. The zero-order chi connectivity index (χ0) is 14.3. The molecular formula is C16H19NO2S. The normalized spacial score (nSPS) is 16.0. The van der Waals surface area contributed by atoms with Gasteiger partial charge in [-0.1, -0.05) is 36.4 Å². The molecule has 1 aliphatic rings. The van der Waals surface area contributed by atoms with Gasteiger partial charge >= 0.3 is 0 Å². The summed E-state index contributed by atoms with van der Waals surface area (Å²) in [5.74, 6) is 0.847. The topological polar surface area (TPSA) is 46.2 Å². The summed E-state index contributed by atoms with van der Waals surface area (Å²) in [4.78, 5) is 0. The van der Waals surface area contributed by atoms with Gasteiger partial charge in [-0.05, 0) is 37.1 Å². The predicted octanol–water partition coefficient (Wildman–Crippen LogP) is 3.63. The lowest BCUT2D eigenvalue weighted by molar-refractivity contribution is 0.602. The Morgan fingerprint density at radius 1 is 0.700 bits per heavy atom. The molecule has 2 aromatic rings. The van der Waals surface area contributed by atoms with Crippen LogP contribution in [0.5, 0.6) is 0 Å². The smallest absolute Gasteiger partial charge is 0.150 e. The molecule has 0 spiro atoms. The Hall–Kier alpha value is -1.81. The van der Waals surface area contributed by atoms with Crippen LogP contribution in [-0.2, 0) is 9.84 Å². The van der Waals surface area contributed by atoms with Crippen molar-refractivity contribution in [3.05, 3.63) is 60.7 Å². The third-order valence-electron chi connectivity index (χ3n) is 3.00. The zero-order valence-corrected chi connectivity index (χ0v) is 12.1. The van der Waals surface area contributed by atoms with Gasteiger partial charge in [0, 0.05) is 11.4 Å². The molecule has 2 aromatic carbocycles. The molecule has 1 saturated heterocycles. The van der Waals surface area contributed by atoms with Crippen LogP contribution in [0.1, 0.15) is 12.8 Å². The van der Waals surface area contributed by atoms with Gasteiger partial charge in [-0.25, -0.2) is 8.42 Å². The van der Waals surface area contributed by atoms with E-state index in [1.54, 1.807) is 0 Å². The average Bonchev–Trinajstić information content (AvgIpc) is 2.86. The summed E-state index contributed by atoms with van der Waals surface area (Å²) >= 11 is 0. The molecule has 0 atom stereocenters. The molecule has 0 aromatic heterocycles. The quantitative estimate of drug-likeness (QED) is 0.918. The van der Waals surface area contributed by atoms with E-state index >= 15 is 0 Å². The molecule has 0 unspecified atom stereocenters. The molecule has 1 heterocycles. The minimum atomic E-state index is -2.55. The number of hydrogen-bond donors (Lipinski definition) is 1. The molecule has 1 fully saturated rings. The first-order chi connectivity index (χ1) is 9.66. The van der Waals surface area contributed by atoms with Crippen LogP contribution >= 0.6 is 0 Å². The Morgan fingerprint density at radius 2 is 1.10 bits per heavy atom. The lowest BCUT2D eigenvalue weighted by atomic mass is 10.3. The van der Waals surface area contributed by atoms with Crippen molar-refractivity contribution in [3.8, 4) is 0 Å². The highest BCUT2D eigenvalue weighted by Gasteiger charge is 2.16. The van der Waals surface area contributed by atoms with Crippen LogP contribution in [0, 0.1) is 0 Å². The summed E-state index contributed by atoms with van der Waals surface area (Å²) in [6.45, 7) is 0. The zero-order valence-electron chi connectivity index (χ0n) is 11.3. The fourth-order valence-electron chi connectivity index (χ4n) is 1.96. The minimum Gasteiger partial charge on any atom is -0.356 e. The van der Waals surface area contributed by atoms with Gasteiger partial charge in [0.15, 0.2) is 0 Å². The largest absolute Gasteiger partial charge is 0.356 e.